The normalized spacial score (nSPS) is 22.0. The van der Waals surface area contributed by atoms with Gasteiger partial charge in [0.1, 0.15) is 0 Å². The first-order chi connectivity index (χ1) is 9.65. The van der Waals surface area contributed by atoms with Gasteiger partial charge in [0.2, 0.25) is 0 Å². The van der Waals surface area contributed by atoms with Crippen molar-refractivity contribution in [2.24, 2.45) is 5.92 Å². The third-order valence-electron chi connectivity index (χ3n) is 3.65. The average Bonchev–Trinajstić information content (AvgIpc) is 2.46. The van der Waals surface area contributed by atoms with Crippen molar-refractivity contribution < 1.29 is 14.7 Å². The lowest BCUT2D eigenvalue weighted by atomic mass is 9.86. The second kappa shape index (κ2) is 6.93. The van der Waals surface area contributed by atoms with Crippen LogP contribution in [0.3, 0.4) is 0 Å². The number of carbonyl (C=O) groups is 2. The molecular formula is C15H20N2O3. The molecule has 108 valence electrons. The number of carbonyl (C=O) groups excluding carboxylic acids is 1. The maximum atomic E-state index is 11.8. The van der Waals surface area contributed by atoms with Crippen LogP contribution < -0.4 is 10.6 Å². The zero-order chi connectivity index (χ0) is 14.4. The number of urea groups is 1. The van der Waals surface area contributed by atoms with Gasteiger partial charge in [-0.25, -0.2) is 4.79 Å². The minimum absolute atomic E-state index is 0.0411. The SMILES string of the molecule is O=C(NCc1ccccc1)NC1CCCC(C(=O)O)C1. The molecule has 1 saturated carbocycles. The van der Waals surface area contributed by atoms with E-state index < -0.39 is 5.97 Å². The number of carboxylic acids is 1. The van der Waals surface area contributed by atoms with Crippen LogP contribution in [0.4, 0.5) is 4.79 Å². The summed E-state index contributed by atoms with van der Waals surface area (Å²) in [5.41, 5.74) is 1.04. The molecule has 0 heterocycles. The third kappa shape index (κ3) is 4.26. The van der Waals surface area contributed by atoms with Crippen LogP contribution in [0.25, 0.3) is 0 Å². The van der Waals surface area contributed by atoms with Crippen molar-refractivity contribution in [1.29, 1.82) is 0 Å². The smallest absolute Gasteiger partial charge is 0.315 e. The Hall–Kier alpha value is -2.04. The lowest BCUT2D eigenvalue weighted by Crippen LogP contribution is -2.44. The fraction of sp³-hybridized carbons (Fsp3) is 0.467. The molecule has 5 heteroatoms. The van der Waals surface area contributed by atoms with E-state index in [9.17, 15) is 9.59 Å². The Kier molecular flexibility index (Phi) is 4.98. The Balaban J connectivity index is 1.75. The van der Waals surface area contributed by atoms with Crippen LogP contribution in [0.15, 0.2) is 30.3 Å². The quantitative estimate of drug-likeness (QED) is 0.788. The number of carboxylic acid groups (broad SMARTS) is 1. The molecule has 3 N–H and O–H groups in total. The first-order valence-corrected chi connectivity index (χ1v) is 6.96. The second-order valence-electron chi connectivity index (χ2n) is 5.21. The average molecular weight is 276 g/mol. The molecule has 2 rings (SSSR count). The van der Waals surface area contributed by atoms with Crippen LogP contribution >= 0.6 is 0 Å². The molecule has 5 nitrogen and oxygen atoms in total. The maximum absolute atomic E-state index is 11.8. The summed E-state index contributed by atoms with van der Waals surface area (Å²) in [7, 11) is 0. The molecule has 2 amide bonds. The van der Waals surface area contributed by atoms with Gasteiger partial charge in [0.25, 0.3) is 0 Å². The van der Waals surface area contributed by atoms with E-state index in [4.69, 9.17) is 5.11 Å². The van der Waals surface area contributed by atoms with Gasteiger partial charge in [0, 0.05) is 12.6 Å². The van der Waals surface area contributed by atoms with Crippen LogP contribution in [0.5, 0.6) is 0 Å². The Morgan fingerprint density at radius 1 is 1.20 bits per heavy atom. The molecule has 0 bridgehead atoms. The second-order valence-corrected chi connectivity index (χ2v) is 5.21. The van der Waals surface area contributed by atoms with Crippen molar-refractivity contribution in [2.75, 3.05) is 0 Å². The largest absolute Gasteiger partial charge is 0.481 e. The molecule has 20 heavy (non-hydrogen) atoms. The number of nitrogens with one attached hydrogen (secondary N) is 2. The molecule has 1 fully saturated rings. The van der Waals surface area contributed by atoms with Gasteiger partial charge in [-0.2, -0.15) is 0 Å². The molecule has 0 aliphatic heterocycles. The van der Waals surface area contributed by atoms with E-state index in [1.54, 1.807) is 0 Å². The molecule has 2 atom stereocenters. The summed E-state index contributed by atoms with van der Waals surface area (Å²) in [6.07, 6.45) is 2.93. The summed E-state index contributed by atoms with van der Waals surface area (Å²) in [5.74, 6) is -1.09. The van der Waals surface area contributed by atoms with Gasteiger partial charge in [-0.15, -0.1) is 0 Å². The molecule has 1 aliphatic carbocycles. The first-order valence-electron chi connectivity index (χ1n) is 6.96. The maximum Gasteiger partial charge on any atom is 0.315 e. The summed E-state index contributed by atoms with van der Waals surface area (Å²) in [5, 5.41) is 14.7. The van der Waals surface area contributed by atoms with Crippen molar-refractivity contribution in [2.45, 2.75) is 38.3 Å². The number of rotatable bonds is 4. The van der Waals surface area contributed by atoms with Crippen molar-refractivity contribution in [3.8, 4) is 0 Å². The van der Waals surface area contributed by atoms with Gasteiger partial charge < -0.3 is 15.7 Å². The van der Waals surface area contributed by atoms with Crippen LogP contribution in [-0.2, 0) is 11.3 Å². The Morgan fingerprint density at radius 2 is 1.95 bits per heavy atom. The minimum Gasteiger partial charge on any atom is -0.481 e. The highest BCUT2D eigenvalue weighted by atomic mass is 16.4. The van der Waals surface area contributed by atoms with E-state index in [1.807, 2.05) is 30.3 Å². The van der Waals surface area contributed by atoms with Crippen molar-refractivity contribution >= 4 is 12.0 Å². The number of benzene rings is 1. The number of hydrogen-bond donors (Lipinski definition) is 3. The van der Waals surface area contributed by atoms with Gasteiger partial charge in [-0.05, 0) is 24.8 Å². The van der Waals surface area contributed by atoms with E-state index in [0.29, 0.717) is 19.4 Å². The fourth-order valence-corrected chi connectivity index (χ4v) is 2.56. The van der Waals surface area contributed by atoms with Gasteiger partial charge >= 0.3 is 12.0 Å². The lowest BCUT2D eigenvalue weighted by molar-refractivity contribution is -0.143. The molecule has 1 aromatic rings. The zero-order valence-electron chi connectivity index (χ0n) is 11.3. The molecule has 0 spiro atoms. The monoisotopic (exact) mass is 276 g/mol. The predicted octanol–water partition coefficient (Wildman–Crippen LogP) is 2.13. The Morgan fingerprint density at radius 3 is 2.65 bits per heavy atom. The van der Waals surface area contributed by atoms with Gasteiger partial charge in [-0.1, -0.05) is 36.8 Å². The van der Waals surface area contributed by atoms with Crippen LogP contribution in [-0.4, -0.2) is 23.1 Å². The lowest BCUT2D eigenvalue weighted by Gasteiger charge is -2.27. The Bertz CT molecular complexity index is 461. The topological polar surface area (TPSA) is 78.4 Å². The van der Waals surface area contributed by atoms with E-state index in [0.717, 1.165) is 18.4 Å². The minimum atomic E-state index is -0.763. The summed E-state index contributed by atoms with van der Waals surface area (Å²) < 4.78 is 0. The van der Waals surface area contributed by atoms with Gasteiger partial charge in [0.05, 0.1) is 5.92 Å². The molecule has 1 aromatic carbocycles. The van der Waals surface area contributed by atoms with Crippen molar-refractivity contribution in [1.82, 2.24) is 10.6 Å². The molecule has 0 aromatic heterocycles. The molecular weight excluding hydrogens is 256 g/mol. The van der Waals surface area contributed by atoms with Crippen LogP contribution in [0, 0.1) is 5.92 Å². The summed E-state index contributed by atoms with van der Waals surface area (Å²) in [4.78, 5) is 22.8. The van der Waals surface area contributed by atoms with E-state index in [2.05, 4.69) is 10.6 Å². The Labute approximate surface area is 118 Å². The highest BCUT2D eigenvalue weighted by molar-refractivity contribution is 5.74. The summed E-state index contributed by atoms with van der Waals surface area (Å²) in [6, 6.07) is 9.40. The highest BCUT2D eigenvalue weighted by Gasteiger charge is 2.27. The molecule has 2 unspecified atom stereocenters. The number of aliphatic carboxylic acids is 1. The zero-order valence-corrected chi connectivity index (χ0v) is 11.3. The van der Waals surface area contributed by atoms with Gasteiger partial charge in [0.15, 0.2) is 0 Å². The fourth-order valence-electron chi connectivity index (χ4n) is 2.56. The van der Waals surface area contributed by atoms with E-state index in [1.165, 1.54) is 0 Å². The number of hydrogen-bond acceptors (Lipinski definition) is 2. The third-order valence-corrected chi connectivity index (χ3v) is 3.65. The first kappa shape index (κ1) is 14.4. The van der Waals surface area contributed by atoms with Crippen LogP contribution in [0.1, 0.15) is 31.2 Å². The summed E-state index contributed by atoms with van der Waals surface area (Å²) >= 11 is 0. The standard InChI is InChI=1S/C15H20N2O3/c18-14(19)12-7-4-8-13(9-12)17-15(20)16-10-11-5-2-1-3-6-11/h1-3,5-6,12-13H,4,7-10H2,(H,18,19)(H2,16,17,20). The highest BCUT2D eigenvalue weighted by Crippen LogP contribution is 2.24. The van der Waals surface area contributed by atoms with Gasteiger partial charge in [-0.3, -0.25) is 4.79 Å². The van der Waals surface area contributed by atoms with Crippen molar-refractivity contribution in [3.63, 3.8) is 0 Å². The van der Waals surface area contributed by atoms with E-state index >= 15 is 0 Å². The number of amides is 2. The van der Waals surface area contributed by atoms with Crippen molar-refractivity contribution in [3.05, 3.63) is 35.9 Å². The predicted molar refractivity (Wildman–Crippen MR) is 75.2 cm³/mol. The molecule has 0 saturated heterocycles. The summed E-state index contributed by atoms with van der Waals surface area (Å²) in [6.45, 7) is 0.474. The molecule has 1 aliphatic rings. The van der Waals surface area contributed by atoms with Crippen LogP contribution in [0.2, 0.25) is 0 Å². The van der Waals surface area contributed by atoms with E-state index in [-0.39, 0.29) is 18.0 Å². The molecule has 0 radical (unpaired) electrons.